The van der Waals surface area contributed by atoms with Crippen LogP contribution >= 0.6 is 0 Å². The molecular formula is C15H23N3O3. The van der Waals surface area contributed by atoms with Gasteiger partial charge < -0.3 is 14.6 Å². The van der Waals surface area contributed by atoms with Crippen LogP contribution < -0.4 is 0 Å². The summed E-state index contributed by atoms with van der Waals surface area (Å²) in [5, 5.41) is 9.15. The molecule has 1 aliphatic heterocycles. The summed E-state index contributed by atoms with van der Waals surface area (Å²) in [6.07, 6.45) is 8.18. The smallest absolute Gasteiger partial charge is 0.308 e. The lowest BCUT2D eigenvalue weighted by Crippen LogP contribution is -2.38. The van der Waals surface area contributed by atoms with E-state index < -0.39 is 11.9 Å². The van der Waals surface area contributed by atoms with Crippen LogP contribution in [0.15, 0.2) is 18.7 Å². The van der Waals surface area contributed by atoms with Crippen molar-refractivity contribution in [3.63, 3.8) is 0 Å². The van der Waals surface area contributed by atoms with Gasteiger partial charge in [-0.3, -0.25) is 9.59 Å². The topological polar surface area (TPSA) is 75.4 Å². The molecule has 3 atom stereocenters. The predicted molar refractivity (Wildman–Crippen MR) is 77.7 cm³/mol. The number of amides is 1. The van der Waals surface area contributed by atoms with Crippen LogP contribution in [0.2, 0.25) is 0 Å². The minimum absolute atomic E-state index is 0.0402. The van der Waals surface area contributed by atoms with Gasteiger partial charge in [0.2, 0.25) is 5.91 Å². The Bertz CT molecular complexity index is 486. The molecule has 1 saturated heterocycles. The molecule has 1 amide bonds. The second-order valence-corrected chi connectivity index (χ2v) is 5.72. The standard InChI is InChI=1S/C15H23N3O3/c1-3-4-12(17-8-6-16-10-17)9-14(19)18-7-5-13(11(18)2)15(20)21/h6,8,10-13H,3-5,7,9H2,1-2H3,(H,20,21). The lowest BCUT2D eigenvalue weighted by Gasteiger charge is -2.26. The number of carbonyl (C=O) groups is 2. The highest BCUT2D eigenvalue weighted by Gasteiger charge is 2.38. The van der Waals surface area contributed by atoms with Crippen molar-refractivity contribution in [2.45, 2.75) is 51.6 Å². The lowest BCUT2D eigenvalue weighted by molar-refractivity contribution is -0.143. The molecule has 1 N–H and O–H groups in total. The van der Waals surface area contributed by atoms with E-state index in [4.69, 9.17) is 5.11 Å². The van der Waals surface area contributed by atoms with Crippen LogP contribution in [0.1, 0.15) is 45.6 Å². The maximum atomic E-state index is 12.5. The third kappa shape index (κ3) is 3.43. The van der Waals surface area contributed by atoms with Gasteiger partial charge in [0.15, 0.2) is 0 Å². The minimum atomic E-state index is -0.808. The average molecular weight is 293 g/mol. The van der Waals surface area contributed by atoms with Gasteiger partial charge in [-0.15, -0.1) is 0 Å². The van der Waals surface area contributed by atoms with Crippen molar-refractivity contribution in [3.8, 4) is 0 Å². The largest absolute Gasteiger partial charge is 0.481 e. The van der Waals surface area contributed by atoms with Gasteiger partial charge in [0, 0.05) is 37.4 Å². The first-order chi connectivity index (χ1) is 10.0. The number of aromatic nitrogens is 2. The normalized spacial score (nSPS) is 23.2. The van der Waals surface area contributed by atoms with Gasteiger partial charge in [-0.2, -0.15) is 0 Å². The maximum absolute atomic E-state index is 12.5. The molecule has 1 aromatic heterocycles. The molecule has 116 valence electrons. The summed E-state index contributed by atoms with van der Waals surface area (Å²) in [7, 11) is 0. The van der Waals surface area contributed by atoms with Gasteiger partial charge >= 0.3 is 5.97 Å². The molecule has 0 aromatic carbocycles. The zero-order valence-electron chi connectivity index (χ0n) is 12.6. The molecule has 21 heavy (non-hydrogen) atoms. The van der Waals surface area contributed by atoms with Crippen molar-refractivity contribution in [1.82, 2.24) is 14.5 Å². The van der Waals surface area contributed by atoms with Gasteiger partial charge in [-0.1, -0.05) is 13.3 Å². The molecule has 6 heteroatoms. The summed E-state index contributed by atoms with van der Waals surface area (Å²) in [5.74, 6) is -1.21. The first kappa shape index (κ1) is 15.5. The van der Waals surface area contributed by atoms with Gasteiger partial charge in [-0.05, 0) is 19.8 Å². The first-order valence-electron chi connectivity index (χ1n) is 7.54. The van der Waals surface area contributed by atoms with Gasteiger partial charge in [0.05, 0.1) is 12.2 Å². The number of rotatable bonds is 6. The molecular weight excluding hydrogens is 270 g/mol. The molecule has 1 fully saturated rings. The van der Waals surface area contributed by atoms with Crippen molar-refractivity contribution >= 4 is 11.9 Å². The third-order valence-corrected chi connectivity index (χ3v) is 4.37. The summed E-state index contributed by atoms with van der Waals surface area (Å²) in [4.78, 5) is 29.4. The zero-order chi connectivity index (χ0) is 15.4. The van der Waals surface area contributed by atoms with Crippen molar-refractivity contribution in [3.05, 3.63) is 18.7 Å². The minimum Gasteiger partial charge on any atom is -0.481 e. The molecule has 0 saturated carbocycles. The molecule has 0 aliphatic carbocycles. The van der Waals surface area contributed by atoms with Crippen molar-refractivity contribution in [2.75, 3.05) is 6.54 Å². The number of carbonyl (C=O) groups excluding carboxylic acids is 1. The molecule has 0 spiro atoms. The van der Waals surface area contributed by atoms with Crippen molar-refractivity contribution in [1.29, 1.82) is 0 Å². The summed E-state index contributed by atoms with van der Waals surface area (Å²) < 4.78 is 1.97. The van der Waals surface area contributed by atoms with Crippen molar-refractivity contribution < 1.29 is 14.7 Å². The number of aliphatic carboxylic acids is 1. The Balaban J connectivity index is 2.01. The molecule has 2 rings (SSSR count). The van der Waals surface area contributed by atoms with Crippen LogP contribution in [-0.4, -0.2) is 44.0 Å². The summed E-state index contributed by atoms with van der Waals surface area (Å²) in [6, 6.07) is -0.124. The van der Waals surface area contributed by atoms with E-state index in [-0.39, 0.29) is 18.0 Å². The Kier molecular flexibility index (Phi) is 4.98. The number of nitrogens with zero attached hydrogens (tertiary/aromatic N) is 3. The highest BCUT2D eigenvalue weighted by Crippen LogP contribution is 2.27. The van der Waals surface area contributed by atoms with Crippen LogP contribution in [0.3, 0.4) is 0 Å². The SMILES string of the molecule is CCCC(CC(=O)N1CCC(C(=O)O)C1C)n1ccnc1. The van der Waals surface area contributed by atoms with Gasteiger partial charge in [0.25, 0.3) is 0 Å². The fourth-order valence-corrected chi connectivity index (χ4v) is 3.12. The lowest BCUT2D eigenvalue weighted by atomic mass is 10.0. The Morgan fingerprint density at radius 2 is 2.24 bits per heavy atom. The Morgan fingerprint density at radius 3 is 2.76 bits per heavy atom. The van der Waals surface area contributed by atoms with E-state index in [1.165, 1.54) is 0 Å². The van der Waals surface area contributed by atoms with Gasteiger partial charge in [0.1, 0.15) is 0 Å². The summed E-state index contributed by atoms with van der Waals surface area (Å²) in [6.45, 7) is 4.46. The quantitative estimate of drug-likeness (QED) is 0.869. The maximum Gasteiger partial charge on any atom is 0.308 e. The second kappa shape index (κ2) is 6.74. The van der Waals surface area contributed by atoms with Crippen LogP contribution in [-0.2, 0) is 9.59 Å². The molecule has 6 nitrogen and oxygen atoms in total. The van der Waals surface area contributed by atoms with E-state index in [2.05, 4.69) is 11.9 Å². The fraction of sp³-hybridized carbons (Fsp3) is 0.667. The molecule has 2 heterocycles. The Labute approximate surface area is 124 Å². The van der Waals surface area contributed by atoms with Gasteiger partial charge in [-0.25, -0.2) is 4.98 Å². The van der Waals surface area contributed by atoms with Crippen LogP contribution in [0.5, 0.6) is 0 Å². The molecule has 0 bridgehead atoms. The van der Waals surface area contributed by atoms with E-state index in [1.54, 1.807) is 17.4 Å². The summed E-state index contributed by atoms with van der Waals surface area (Å²) >= 11 is 0. The fourth-order valence-electron chi connectivity index (χ4n) is 3.12. The average Bonchev–Trinajstić information content (AvgIpc) is 3.07. The van der Waals surface area contributed by atoms with E-state index in [0.717, 1.165) is 12.8 Å². The predicted octanol–water partition coefficient (Wildman–Crippen LogP) is 1.94. The Morgan fingerprint density at radius 1 is 1.48 bits per heavy atom. The monoisotopic (exact) mass is 293 g/mol. The van der Waals surface area contributed by atoms with E-state index in [0.29, 0.717) is 19.4 Å². The molecule has 0 radical (unpaired) electrons. The number of hydrogen-bond donors (Lipinski definition) is 1. The molecule has 1 aliphatic rings. The van der Waals surface area contributed by atoms with E-state index in [9.17, 15) is 9.59 Å². The third-order valence-electron chi connectivity index (χ3n) is 4.37. The van der Waals surface area contributed by atoms with Crippen molar-refractivity contribution in [2.24, 2.45) is 5.92 Å². The summed E-state index contributed by atoms with van der Waals surface area (Å²) in [5.41, 5.74) is 0. The van der Waals surface area contributed by atoms with Crippen LogP contribution in [0.25, 0.3) is 0 Å². The molecule has 3 unspecified atom stereocenters. The number of carboxylic acid groups (broad SMARTS) is 1. The number of hydrogen-bond acceptors (Lipinski definition) is 3. The zero-order valence-corrected chi connectivity index (χ0v) is 12.6. The molecule has 1 aromatic rings. The number of carboxylic acids is 1. The second-order valence-electron chi connectivity index (χ2n) is 5.72. The Hall–Kier alpha value is -1.85. The highest BCUT2D eigenvalue weighted by atomic mass is 16.4. The van der Waals surface area contributed by atoms with Crippen LogP contribution in [0.4, 0.5) is 0 Å². The highest BCUT2D eigenvalue weighted by molar-refractivity contribution is 5.79. The first-order valence-corrected chi connectivity index (χ1v) is 7.54. The van der Waals surface area contributed by atoms with E-state index in [1.807, 2.05) is 17.7 Å². The number of likely N-dealkylation sites (tertiary alicyclic amines) is 1. The number of imidazole rings is 1. The van der Waals surface area contributed by atoms with Crippen LogP contribution in [0, 0.1) is 5.92 Å². The van der Waals surface area contributed by atoms with E-state index >= 15 is 0 Å².